The van der Waals surface area contributed by atoms with E-state index < -0.39 is 21.4 Å². The van der Waals surface area contributed by atoms with Gasteiger partial charge in [-0.05, 0) is 59.7 Å². The van der Waals surface area contributed by atoms with Gasteiger partial charge in [0.2, 0.25) is 0 Å². The van der Waals surface area contributed by atoms with Crippen LogP contribution in [0, 0.1) is 20.2 Å². The fourth-order valence-electron chi connectivity index (χ4n) is 2.72. The summed E-state index contributed by atoms with van der Waals surface area (Å²) in [6.07, 6.45) is -1.26. The zero-order chi connectivity index (χ0) is 21.7. The topological polar surface area (TPSA) is 133 Å². The summed E-state index contributed by atoms with van der Waals surface area (Å²) >= 11 is 0. The molecule has 3 aromatic carbocycles. The molecule has 9 nitrogen and oxygen atoms in total. The summed E-state index contributed by atoms with van der Waals surface area (Å²) in [7, 11) is 0. The molecule has 0 spiro atoms. The van der Waals surface area contributed by atoms with Gasteiger partial charge in [-0.2, -0.15) is 0 Å². The van der Waals surface area contributed by atoms with Crippen molar-refractivity contribution in [2.45, 2.75) is 12.7 Å². The molecule has 0 aliphatic rings. The first-order valence-electron chi connectivity index (χ1n) is 8.78. The molecule has 9 heteroatoms. The van der Waals surface area contributed by atoms with Gasteiger partial charge in [0, 0.05) is 29.8 Å². The highest BCUT2D eigenvalue weighted by Gasteiger charge is 2.15. The summed E-state index contributed by atoms with van der Waals surface area (Å²) in [4.78, 5) is 32.7. The Morgan fingerprint density at radius 2 is 1.33 bits per heavy atom. The van der Waals surface area contributed by atoms with Crippen molar-refractivity contribution in [2.75, 3.05) is 0 Å². The van der Waals surface area contributed by atoms with Crippen LogP contribution in [0.2, 0.25) is 0 Å². The van der Waals surface area contributed by atoms with E-state index in [-0.39, 0.29) is 23.5 Å². The fraction of sp³-hybridized carbons (Fsp3) is 0.0952. The second kappa shape index (κ2) is 8.93. The van der Waals surface area contributed by atoms with E-state index in [1.807, 2.05) is 0 Å². The summed E-state index contributed by atoms with van der Waals surface area (Å²) in [5.74, 6) is 0.368. The van der Waals surface area contributed by atoms with Crippen LogP contribution in [0.1, 0.15) is 22.8 Å². The van der Waals surface area contributed by atoms with Crippen LogP contribution in [-0.4, -0.2) is 15.0 Å². The molecule has 0 saturated heterocycles. The number of aliphatic hydroxyl groups is 1. The summed E-state index contributed by atoms with van der Waals surface area (Å²) in [6.45, 7) is 0.135. The van der Waals surface area contributed by atoms with Crippen molar-refractivity contribution in [3.05, 3.63) is 120 Å². The molecule has 0 aliphatic heterocycles. The van der Waals surface area contributed by atoms with Gasteiger partial charge in [0.1, 0.15) is 18.5 Å². The lowest BCUT2D eigenvalue weighted by Crippen LogP contribution is -2.10. The van der Waals surface area contributed by atoms with E-state index in [4.69, 9.17) is 4.74 Å². The minimum absolute atomic E-state index is 0.0225. The number of benzene rings is 2. The summed E-state index contributed by atoms with van der Waals surface area (Å²) in [5.41, 5.74) is 0.581. The predicted molar refractivity (Wildman–Crippen MR) is 107 cm³/mol. The first kappa shape index (κ1) is 20.6. The van der Waals surface area contributed by atoms with Crippen LogP contribution < -0.4 is 10.2 Å². The molecule has 0 aliphatic carbocycles. The lowest BCUT2D eigenvalue weighted by atomic mass is 10.0. The minimum atomic E-state index is -1.26. The third-order valence-corrected chi connectivity index (χ3v) is 4.38. The van der Waals surface area contributed by atoms with Crippen LogP contribution >= 0.6 is 0 Å². The maximum Gasteiger partial charge on any atom is 0.269 e. The van der Waals surface area contributed by atoms with Gasteiger partial charge in [-0.1, -0.05) is 0 Å². The van der Waals surface area contributed by atoms with E-state index in [2.05, 4.69) is 0 Å². The van der Waals surface area contributed by atoms with Gasteiger partial charge in [0.25, 0.3) is 11.4 Å². The summed E-state index contributed by atoms with van der Waals surface area (Å²) < 4.78 is 5.62. The Hall–Kier alpha value is -4.11. The largest absolute Gasteiger partial charge is 0.489 e. The van der Waals surface area contributed by atoms with Gasteiger partial charge in [-0.25, -0.2) is 0 Å². The molecule has 0 heterocycles. The van der Waals surface area contributed by atoms with Gasteiger partial charge in [0.15, 0.2) is 5.43 Å². The molecule has 0 aromatic heterocycles. The maximum absolute atomic E-state index is 12.3. The van der Waals surface area contributed by atoms with Crippen molar-refractivity contribution < 1.29 is 19.7 Å². The van der Waals surface area contributed by atoms with Crippen molar-refractivity contribution in [2.24, 2.45) is 0 Å². The van der Waals surface area contributed by atoms with Gasteiger partial charge in [-0.15, -0.1) is 0 Å². The smallest absolute Gasteiger partial charge is 0.269 e. The molecular formula is C21H16N2O7. The zero-order valence-electron chi connectivity index (χ0n) is 15.5. The number of nitrogens with zero attached hydrogens (tertiary/aromatic N) is 2. The molecule has 3 rings (SSSR count). The number of hydrogen-bond acceptors (Lipinski definition) is 7. The standard InChI is InChI=1S/C21H16N2O7/c24-20-12-10-18(30-13-14-1-5-16(6-2-14)22(26)27)9-11-19(20)21(25)15-3-7-17(8-4-15)23(28)29/h1-12,21,25H,13H2. The lowest BCUT2D eigenvalue weighted by molar-refractivity contribution is -0.385. The van der Waals surface area contributed by atoms with Gasteiger partial charge >= 0.3 is 0 Å². The molecule has 0 saturated carbocycles. The maximum atomic E-state index is 12.3. The van der Waals surface area contributed by atoms with E-state index in [9.17, 15) is 30.1 Å². The molecule has 3 aromatic rings. The highest BCUT2D eigenvalue weighted by molar-refractivity contribution is 5.38. The number of aliphatic hydroxyl groups excluding tert-OH is 1. The molecule has 1 unspecified atom stereocenters. The molecule has 1 N–H and O–H groups in total. The molecule has 0 amide bonds. The third-order valence-electron chi connectivity index (χ3n) is 4.38. The van der Waals surface area contributed by atoms with Gasteiger partial charge in [0.05, 0.1) is 9.85 Å². The predicted octanol–water partition coefficient (Wildman–Crippen LogP) is 3.52. The Bertz CT molecular complexity index is 1130. The van der Waals surface area contributed by atoms with E-state index >= 15 is 0 Å². The first-order valence-corrected chi connectivity index (χ1v) is 8.78. The number of nitro groups is 2. The van der Waals surface area contributed by atoms with Crippen LogP contribution in [0.4, 0.5) is 11.4 Å². The van der Waals surface area contributed by atoms with Crippen LogP contribution in [0.25, 0.3) is 0 Å². The Morgan fingerprint density at radius 1 is 0.800 bits per heavy atom. The quantitative estimate of drug-likeness (QED) is 0.467. The van der Waals surface area contributed by atoms with Crippen molar-refractivity contribution in [1.29, 1.82) is 0 Å². The molecule has 152 valence electrons. The minimum Gasteiger partial charge on any atom is -0.489 e. The number of ether oxygens (including phenoxy) is 1. The van der Waals surface area contributed by atoms with Crippen LogP contribution in [0.15, 0.2) is 77.6 Å². The number of nitro benzene ring substituents is 2. The average Bonchev–Trinajstić information content (AvgIpc) is 2.93. The summed E-state index contributed by atoms with van der Waals surface area (Å²) in [5, 5.41) is 32.0. The SMILES string of the molecule is O=c1ccc(OCc2ccc([N+](=O)[O-])cc2)ccc1C(O)c1ccc([N+](=O)[O-])cc1. The van der Waals surface area contributed by atoms with Crippen LogP contribution in [-0.2, 0) is 6.61 Å². The molecule has 1 atom stereocenters. The fourth-order valence-corrected chi connectivity index (χ4v) is 2.72. The Labute approximate surface area is 170 Å². The van der Waals surface area contributed by atoms with Crippen LogP contribution in [0.3, 0.4) is 0 Å². The van der Waals surface area contributed by atoms with E-state index in [1.54, 1.807) is 12.1 Å². The number of hydrogen-bond donors (Lipinski definition) is 1. The average molecular weight is 408 g/mol. The number of non-ortho nitro benzene ring substituents is 2. The van der Waals surface area contributed by atoms with Crippen molar-refractivity contribution >= 4 is 11.4 Å². The summed E-state index contributed by atoms with van der Waals surface area (Å²) in [6, 6.07) is 16.9. The highest BCUT2D eigenvalue weighted by atomic mass is 16.6. The van der Waals surface area contributed by atoms with Crippen molar-refractivity contribution in [3.8, 4) is 5.75 Å². The van der Waals surface area contributed by atoms with Gasteiger partial charge < -0.3 is 9.84 Å². The van der Waals surface area contributed by atoms with Crippen molar-refractivity contribution in [3.63, 3.8) is 0 Å². The second-order valence-electron chi connectivity index (χ2n) is 6.35. The number of rotatable bonds is 7. The normalized spacial score (nSPS) is 11.5. The molecule has 0 radical (unpaired) electrons. The zero-order valence-corrected chi connectivity index (χ0v) is 15.5. The van der Waals surface area contributed by atoms with E-state index in [0.717, 1.165) is 0 Å². The Kier molecular flexibility index (Phi) is 6.14. The van der Waals surface area contributed by atoms with Gasteiger partial charge in [-0.3, -0.25) is 25.0 Å². The molecular weight excluding hydrogens is 392 g/mol. The Morgan fingerprint density at radius 3 is 1.90 bits per heavy atom. The highest BCUT2D eigenvalue weighted by Crippen LogP contribution is 2.23. The second-order valence-corrected chi connectivity index (χ2v) is 6.35. The first-order chi connectivity index (χ1) is 14.3. The van der Waals surface area contributed by atoms with Crippen molar-refractivity contribution in [1.82, 2.24) is 0 Å². The monoisotopic (exact) mass is 408 g/mol. The molecule has 30 heavy (non-hydrogen) atoms. The van der Waals surface area contributed by atoms with E-state index in [0.29, 0.717) is 16.9 Å². The van der Waals surface area contributed by atoms with E-state index in [1.165, 1.54) is 60.7 Å². The van der Waals surface area contributed by atoms with Crippen LogP contribution in [0.5, 0.6) is 5.75 Å². The third kappa shape index (κ3) is 4.83. The molecule has 0 fully saturated rings. The molecule has 0 bridgehead atoms. The lowest BCUT2D eigenvalue weighted by Gasteiger charge is -2.09. The Balaban J connectivity index is 1.75.